The molecule has 2 amide bonds. The lowest BCUT2D eigenvalue weighted by Gasteiger charge is -2.18. The first kappa shape index (κ1) is 22.5. The largest absolute Gasteiger partial charge is 0.382 e. The number of carbonyl (C=O) groups is 2. The van der Waals surface area contributed by atoms with Crippen molar-refractivity contribution in [3.8, 4) is 0 Å². The molecular weight excluding hydrogens is 362 g/mol. The summed E-state index contributed by atoms with van der Waals surface area (Å²) in [6, 6.07) is 0. The molecule has 1 saturated heterocycles. The molecule has 28 heavy (non-hydrogen) atoms. The Morgan fingerprint density at radius 2 is 1.50 bits per heavy atom. The number of ether oxygens (including phenoxy) is 4. The van der Waals surface area contributed by atoms with E-state index in [2.05, 4.69) is 18.9 Å². The van der Waals surface area contributed by atoms with E-state index >= 15 is 0 Å². The maximum absolute atomic E-state index is 12.8. The molecule has 0 aromatic heterocycles. The van der Waals surface area contributed by atoms with Crippen LogP contribution in [0, 0.1) is 23.7 Å². The predicted octanol–water partition coefficient (Wildman–Crippen LogP) is 1.45. The van der Waals surface area contributed by atoms with E-state index in [1.165, 1.54) is 4.90 Å². The Bertz CT molecular complexity index is 585. The fourth-order valence-corrected chi connectivity index (χ4v) is 3.91. The van der Waals surface area contributed by atoms with Gasteiger partial charge in [0.25, 0.3) is 0 Å². The van der Waals surface area contributed by atoms with E-state index in [1.54, 1.807) is 13.2 Å². The van der Waals surface area contributed by atoms with E-state index in [0.717, 1.165) is 6.42 Å². The summed E-state index contributed by atoms with van der Waals surface area (Å²) >= 11 is 0. The zero-order valence-electron chi connectivity index (χ0n) is 16.6. The Morgan fingerprint density at radius 1 is 0.964 bits per heavy atom. The number of fused-ring (bicyclic) bond motifs is 1. The van der Waals surface area contributed by atoms with Crippen LogP contribution in [0.1, 0.15) is 6.42 Å². The number of hydrogen-bond donors (Lipinski definition) is 0. The van der Waals surface area contributed by atoms with Crippen LogP contribution >= 0.6 is 0 Å². The average Bonchev–Trinajstić information content (AvgIpc) is 3.17. The van der Waals surface area contributed by atoms with Crippen molar-refractivity contribution in [2.45, 2.75) is 6.42 Å². The summed E-state index contributed by atoms with van der Waals surface area (Å²) < 4.78 is 21.1. The first-order valence-electron chi connectivity index (χ1n) is 9.71. The van der Waals surface area contributed by atoms with Gasteiger partial charge in [-0.3, -0.25) is 14.5 Å². The van der Waals surface area contributed by atoms with Crippen LogP contribution in [0.4, 0.5) is 0 Å². The van der Waals surface area contributed by atoms with Crippen molar-refractivity contribution in [3.63, 3.8) is 0 Å². The Hall–Kier alpha value is -1.76. The number of methoxy groups -OCH3 is 1. The van der Waals surface area contributed by atoms with Crippen LogP contribution in [0.3, 0.4) is 0 Å². The number of hydrogen-bond acceptors (Lipinski definition) is 6. The molecule has 0 N–H and O–H groups in total. The van der Waals surface area contributed by atoms with Crippen molar-refractivity contribution in [2.24, 2.45) is 23.7 Å². The molecule has 156 valence electrons. The number of likely N-dealkylation sites (tertiary alicyclic amines) is 1. The van der Waals surface area contributed by atoms with Gasteiger partial charge in [0.2, 0.25) is 11.8 Å². The summed E-state index contributed by atoms with van der Waals surface area (Å²) in [5.41, 5.74) is 2.76. The summed E-state index contributed by atoms with van der Waals surface area (Å²) in [4.78, 5) is 26.8. The fourth-order valence-electron chi connectivity index (χ4n) is 3.91. The number of carbonyl (C=O) groups excluding carboxylic acids is 2. The first-order chi connectivity index (χ1) is 13.7. The van der Waals surface area contributed by atoms with Crippen molar-refractivity contribution < 1.29 is 28.5 Å². The first-order valence-corrected chi connectivity index (χ1v) is 9.71. The molecule has 2 fully saturated rings. The molecule has 1 aliphatic carbocycles. The molecule has 0 aromatic rings. The zero-order valence-corrected chi connectivity index (χ0v) is 16.6. The molecule has 0 spiro atoms. The van der Waals surface area contributed by atoms with Crippen molar-refractivity contribution in [2.75, 3.05) is 59.9 Å². The van der Waals surface area contributed by atoms with E-state index in [4.69, 9.17) is 18.9 Å². The van der Waals surface area contributed by atoms with Gasteiger partial charge in [-0.25, -0.2) is 0 Å². The summed E-state index contributed by atoms with van der Waals surface area (Å²) in [7, 11) is 1.63. The smallest absolute Gasteiger partial charge is 0.233 e. The second kappa shape index (κ2) is 11.9. The van der Waals surface area contributed by atoms with Crippen LogP contribution in [-0.4, -0.2) is 76.6 Å². The van der Waals surface area contributed by atoms with Gasteiger partial charge in [-0.2, -0.15) is 0 Å². The highest BCUT2D eigenvalue weighted by molar-refractivity contribution is 6.06. The van der Waals surface area contributed by atoms with Crippen molar-refractivity contribution >= 4 is 11.8 Å². The van der Waals surface area contributed by atoms with E-state index < -0.39 is 0 Å². The van der Waals surface area contributed by atoms with E-state index in [-0.39, 0.29) is 42.0 Å². The monoisotopic (exact) mass is 393 g/mol. The molecule has 7 nitrogen and oxygen atoms in total. The minimum atomic E-state index is -0.328. The number of imide groups is 1. The second-order valence-electron chi connectivity index (χ2n) is 6.88. The molecule has 1 heterocycles. The van der Waals surface area contributed by atoms with Gasteiger partial charge < -0.3 is 18.9 Å². The Morgan fingerprint density at radius 3 is 2.04 bits per heavy atom. The maximum atomic E-state index is 12.8. The Labute approximate surface area is 166 Å². The molecule has 0 radical (unpaired) electrons. The molecule has 1 saturated carbocycles. The summed E-state index contributed by atoms with van der Waals surface area (Å²) in [6.45, 7) is 10.9. The summed E-state index contributed by atoms with van der Waals surface area (Å²) in [5.74, 6) is -0.877. The van der Waals surface area contributed by atoms with Crippen LogP contribution < -0.4 is 0 Å². The van der Waals surface area contributed by atoms with E-state index in [0.29, 0.717) is 46.2 Å². The molecule has 2 aliphatic rings. The SMILES string of the molecule is C=C=CC1CC(C=C)C2C(=O)N(CCOCCOCCOCCOC)C(=O)C12. The average molecular weight is 393 g/mol. The highest BCUT2D eigenvalue weighted by Gasteiger charge is 2.56. The lowest BCUT2D eigenvalue weighted by molar-refractivity contribution is -0.141. The molecule has 0 bridgehead atoms. The zero-order chi connectivity index (χ0) is 20.4. The normalized spacial score (nSPS) is 26.4. The van der Waals surface area contributed by atoms with Gasteiger partial charge in [0.05, 0.1) is 64.6 Å². The van der Waals surface area contributed by atoms with Crippen molar-refractivity contribution in [1.82, 2.24) is 4.90 Å². The van der Waals surface area contributed by atoms with Gasteiger partial charge in [0.1, 0.15) is 0 Å². The standard InChI is InChI=1S/C21H31NO6/c1-4-6-17-15-16(5-2)18-19(17)21(24)22(20(18)23)7-8-26-11-12-28-14-13-27-10-9-25-3/h5-6,16-19H,1-2,7-15H2,3H3. The van der Waals surface area contributed by atoms with Crippen LogP contribution in [0.25, 0.3) is 0 Å². The lowest BCUT2D eigenvalue weighted by Crippen LogP contribution is -2.36. The molecule has 4 unspecified atom stereocenters. The highest BCUT2D eigenvalue weighted by Crippen LogP contribution is 2.48. The topological polar surface area (TPSA) is 74.3 Å². The lowest BCUT2D eigenvalue weighted by atomic mass is 9.89. The molecule has 7 heteroatoms. The van der Waals surface area contributed by atoms with Crippen LogP contribution in [-0.2, 0) is 28.5 Å². The molecule has 2 rings (SSSR count). The van der Waals surface area contributed by atoms with Crippen molar-refractivity contribution in [3.05, 3.63) is 31.0 Å². The second-order valence-corrected chi connectivity index (χ2v) is 6.88. The number of allylic oxidation sites excluding steroid dienone is 2. The fraction of sp³-hybridized carbons (Fsp3) is 0.667. The van der Waals surface area contributed by atoms with Gasteiger partial charge in [0, 0.05) is 7.11 Å². The Kier molecular flexibility index (Phi) is 9.61. The maximum Gasteiger partial charge on any atom is 0.233 e. The summed E-state index contributed by atoms with van der Waals surface area (Å²) in [5, 5.41) is 0. The van der Waals surface area contributed by atoms with Gasteiger partial charge in [-0.1, -0.05) is 12.7 Å². The van der Waals surface area contributed by atoms with Gasteiger partial charge in [0.15, 0.2) is 0 Å². The van der Waals surface area contributed by atoms with Crippen LogP contribution in [0.5, 0.6) is 0 Å². The molecular formula is C21H31NO6. The minimum absolute atomic E-state index is 0.00706. The summed E-state index contributed by atoms with van der Waals surface area (Å²) in [6.07, 6.45) is 4.34. The minimum Gasteiger partial charge on any atom is -0.382 e. The third kappa shape index (κ3) is 5.63. The van der Waals surface area contributed by atoms with Crippen molar-refractivity contribution in [1.29, 1.82) is 0 Å². The molecule has 4 atom stereocenters. The number of rotatable bonds is 14. The van der Waals surface area contributed by atoms with Crippen LogP contribution in [0.15, 0.2) is 31.0 Å². The van der Waals surface area contributed by atoms with Crippen LogP contribution in [0.2, 0.25) is 0 Å². The van der Waals surface area contributed by atoms with E-state index in [1.807, 2.05) is 6.08 Å². The molecule has 0 aromatic carbocycles. The molecule has 1 aliphatic heterocycles. The van der Waals surface area contributed by atoms with Gasteiger partial charge in [-0.15, -0.1) is 12.3 Å². The number of amides is 2. The van der Waals surface area contributed by atoms with Gasteiger partial charge >= 0.3 is 0 Å². The quantitative estimate of drug-likeness (QED) is 0.192. The van der Waals surface area contributed by atoms with E-state index in [9.17, 15) is 9.59 Å². The highest BCUT2D eigenvalue weighted by atomic mass is 16.6. The predicted molar refractivity (Wildman–Crippen MR) is 104 cm³/mol. The third-order valence-electron chi connectivity index (χ3n) is 5.23. The Balaban J connectivity index is 1.67. The third-order valence-corrected chi connectivity index (χ3v) is 5.23. The van der Waals surface area contributed by atoms with Gasteiger partial charge in [-0.05, 0) is 24.3 Å². The number of nitrogens with zero attached hydrogens (tertiary/aromatic N) is 1.